The molecule has 1 aliphatic carbocycles. The van der Waals surface area contributed by atoms with Crippen molar-refractivity contribution in [1.82, 2.24) is 10.6 Å². The molecule has 1 heterocycles. The number of hydrogen-bond acceptors (Lipinski definition) is 3. The van der Waals surface area contributed by atoms with E-state index in [0.29, 0.717) is 24.6 Å². The van der Waals surface area contributed by atoms with Crippen LogP contribution >= 0.6 is 24.0 Å². The number of fused-ring (bicyclic) bond motifs is 1. The molecule has 7 heteroatoms. The average Bonchev–Trinajstić information content (AvgIpc) is 3.06. The predicted molar refractivity (Wildman–Crippen MR) is 111 cm³/mol. The van der Waals surface area contributed by atoms with Crippen LogP contribution in [0, 0.1) is 17.2 Å². The number of methoxy groups -OCH3 is 1. The molecular weight excluding hydrogens is 448 g/mol. The number of nitrogens with one attached hydrogen (secondary N) is 2. The van der Waals surface area contributed by atoms with Crippen molar-refractivity contribution < 1.29 is 13.9 Å². The van der Waals surface area contributed by atoms with Gasteiger partial charge in [0.2, 0.25) is 0 Å². The molecule has 26 heavy (non-hydrogen) atoms. The smallest absolute Gasteiger partial charge is 0.191 e. The zero-order valence-corrected chi connectivity index (χ0v) is 18.1. The third kappa shape index (κ3) is 4.14. The second-order valence-corrected chi connectivity index (χ2v) is 7.42. The van der Waals surface area contributed by atoms with Gasteiger partial charge in [-0.05, 0) is 24.1 Å². The summed E-state index contributed by atoms with van der Waals surface area (Å²) >= 11 is 0. The fourth-order valence-corrected chi connectivity index (χ4v) is 4.16. The van der Waals surface area contributed by atoms with Crippen LogP contribution in [-0.4, -0.2) is 45.4 Å². The molecule has 146 valence electrons. The SMILES string of the molecule is CN=C(NCC(OC)c1ccc(F)cc1)NC1C2CCOC2C1(C)C.I. The van der Waals surface area contributed by atoms with Crippen molar-refractivity contribution in [3.8, 4) is 0 Å². The first-order chi connectivity index (χ1) is 12.0. The lowest BCUT2D eigenvalue weighted by Gasteiger charge is -2.54. The number of nitrogens with zero attached hydrogens (tertiary/aromatic N) is 1. The van der Waals surface area contributed by atoms with Crippen LogP contribution in [0.2, 0.25) is 0 Å². The Balaban J connectivity index is 0.00000243. The number of rotatable bonds is 5. The molecular formula is C19H29FIN3O2. The molecule has 4 atom stereocenters. The summed E-state index contributed by atoms with van der Waals surface area (Å²) < 4.78 is 24.5. The van der Waals surface area contributed by atoms with Gasteiger partial charge in [-0.3, -0.25) is 4.99 Å². The Bertz CT molecular complexity index is 624. The van der Waals surface area contributed by atoms with Crippen LogP contribution in [0.15, 0.2) is 29.3 Å². The van der Waals surface area contributed by atoms with Gasteiger partial charge in [0.05, 0.1) is 12.2 Å². The first-order valence-electron chi connectivity index (χ1n) is 8.84. The Hall–Kier alpha value is -0.930. The van der Waals surface area contributed by atoms with Gasteiger partial charge in [-0.15, -0.1) is 24.0 Å². The maximum atomic E-state index is 13.1. The van der Waals surface area contributed by atoms with E-state index in [1.807, 2.05) is 0 Å². The minimum absolute atomic E-state index is 0. The van der Waals surface area contributed by atoms with Gasteiger partial charge in [0.1, 0.15) is 5.82 Å². The highest BCUT2D eigenvalue weighted by Crippen LogP contribution is 2.52. The lowest BCUT2D eigenvalue weighted by atomic mass is 9.57. The van der Waals surface area contributed by atoms with E-state index in [4.69, 9.17) is 9.47 Å². The summed E-state index contributed by atoms with van der Waals surface area (Å²) in [7, 11) is 3.42. The standard InChI is InChI=1S/C19H28FN3O2.HI/c1-19(2)16(14-9-10-25-17(14)19)23-18(21-3)22-11-15(24-4)12-5-7-13(20)8-6-12;/h5-8,14-17H,9-11H2,1-4H3,(H2,21,22,23);1H. The molecule has 1 aromatic carbocycles. The maximum Gasteiger partial charge on any atom is 0.191 e. The van der Waals surface area contributed by atoms with Crippen LogP contribution in [0.5, 0.6) is 0 Å². The molecule has 0 aromatic heterocycles. The highest BCUT2D eigenvalue weighted by atomic mass is 127. The number of ether oxygens (including phenoxy) is 2. The first-order valence-corrected chi connectivity index (χ1v) is 8.84. The Morgan fingerprint density at radius 3 is 2.69 bits per heavy atom. The van der Waals surface area contributed by atoms with Crippen LogP contribution in [0.25, 0.3) is 0 Å². The number of guanidine groups is 1. The molecule has 0 bridgehead atoms. The highest BCUT2D eigenvalue weighted by molar-refractivity contribution is 14.0. The van der Waals surface area contributed by atoms with Crippen molar-refractivity contribution >= 4 is 29.9 Å². The number of halogens is 2. The molecule has 0 radical (unpaired) electrons. The van der Waals surface area contributed by atoms with Crippen LogP contribution in [-0.2, 0) is 9.47 Å². The van der Waals surface area contributed by atoms with Gasteiger partial charge in [-0.2, -0.15) is 0 Å². The fourth-order valence-electron chi connectivity index (χ4n) is 4.16. The minimum atomic E-state index is -0.246. The fraction of sp³-hybridized carbons (Fsp3) is 0.632. The molecule has 2 fully saturated rings. The van der Waals surface area contributed by atoms with Crippen molar-refractivity contribution in [2.45, 2.75) is 38.5 Å². The van der Waals surface area contributed by atoms with Gasteiger partial charge in [-0.1, -0.05) is 26.0 Å². The second-order valence-electron chi connectivity index (χ2n) is 7.42. The molecule has 5 nitrogen and oxygen atoms in total. The van der Waals surface area contributed by atoms with Crippen molar-refractivity contribution in [2.75, 3.05) is 27.3 Å². The van der Waals surface area contributed by atoms with Crippen molar-refractivity contribution in [2.24, 2.45) is 16.3 Å². The molecule has 2 N–H and O–H groups in total. The second kappa shape index (κ2) is 8.84. The van der Waals surface area contributed by atoms with Gasteiger partial charge >= 0.3 is 0 Å². The molecule has 2 aliphatic rings. The maximum absolute atomic E-state index is 13.1. The minimum Gasteiger partial charge on any atom is -0.377 e. The van der Waals surface area contributed by atoms with Crippen LogP contribution < -0.4 is 10.6 Å². The Kier molecular flexibility index (Phi) is 7.27. The van der Waals surface area contributed by atoms with E-state index in [9.17, 15) is 4.39 Å². The van der Waals surface area contributed by atoms with Crippen LogP contribution in [0.3, 0.4) is 0 Å². The quantitative estimate of drug-likeness (QED) is 0.389. The van der Waals surface area contributed by atoms with Gasteiger partial charge in [0.15, 0.2) is 5.96 Å². The third-order valence-electron chi connectivity index (χ3n) is 5.60. The van der Waals surface area contributed by atoms with Crippen molar-refractivity contribution in [3.05, 3.63) is 35.6 Å². The summed E-state index contributed by atoms with van der Waals surface area (Å²) in [5, 5.41) is 6.88. The summed E-state index contributed by atoms with van der Waals surface area (Å²) in [5.41, 5.74) is 1.02. The largest absolute Gasteiger partial charge is 0.377 e. The summed E-state index contributed by atoms with van der Waals surface area (Å²) in [6.07, 6.45) is 1.27. The van der Waals surface area contributed by atoms with Crippen LogP contribution in [0.1, 0.15) is 31.9 Å². The Morgan fingerprint density at radius 1 is 1.38 bits per heavy atom. The highest BCUT2D eigenvalue weighted by Gasteiger charge is 2.59. The average molecular weight is 477 g/mol. The van der Waals surface area contributed by atoms with Gasteiger partial charge in [-0.25, -0.2) is 4.39 Å². The normalized spacial score (nSPS) is 27.7. The summed E-state index contributed by atoms with van der Waals surface area (Å²) in [6.45, 7) is 5.88. The van der Waals surface area contributed by atoms with E-state index < -0.39 is 0 Å². The molecule has 1 saturated carbocycles. The van der Waals surface area contributed by atoms with Crippen molar-refractivity contribution in [1.29, 1.82) is 0 Å². The van der Waals surface area contributed by atoms with E-state index >= 15 is 0 Å². The van der Waals surface area contributed by atoms with Gasteiger partial charge in [0.25, 0.3) is 0 Å². The topological polar surface area (TPSA) is 54.9 Å². The Morgan fingerprint density at radius 2 is 2.08 bits per heavy atom. The monoisotopic (exact) mass is 477 g/mol. The molecule has 1 aliphatic heterocycles. The number of hydrogen-bond donors (Lipinski definition) is 2. The zero-order valence-electron chi connectivity index (χ0n) is 15.8. The first kappa shape index (κ1) is 21.4. The van der Waals surface area contributed by atoms with Gasteiger partial charge in [0, 0.05) is 44.7 Å². The summed E-state index contributed by atoms with van der Waals surface area (Å²) in [4.78, 5) is 4.34. The zero-order chi connectivity index (χ0) is 18.0. The molecule has 1 aromatic rings. The number of benzene rings is 1. The molecule has 0 amide bonds. The van der Waals surface area contributed by atoms with E-state index in [2.05, 4.69) is 29.5 Å². The molecule has 4 unspecified atom stereocenters. The van der Waals surface area contributed by atoms with E-state index in [0.717, 1.165) is 24.6 Å². The lowest BCUT2D eigenvalue weighted by molar-refractivity contribution is -0.106. The van der Waals surface area contributed by atoms with Crippen LogP contribution in [0.4, 0.5) is 4.39 Å². The Labute approximate surface area is 172 Å². The van der Waals surface area contributed by atoms with Gasteiger partial charge < -0.3 is 20.1 Å². The molecule has 1 saturated heterocycles. The molecule has 0 spiro atoms. The summed E-state index contributed by atoms with van der Waals surface area (Å²) in [6, 6.07) is 6.74. The molecule has 3 rings (SSSR count). The van der Waals surface area contributed by atoms with E-state index in [1.54, 1.807) is 26.3 Å². The lowest BCUT2D eigenvalue weighted by Crippen LogP contribution is -2.68. The number of aliphatic imine (C=N–C) groups is 1. The van der Waals surface area contributed by atoms with E-state index in [-0.39, 0.29) is 41.3 Å². The summed E-state index contributed by atoms with van der Waals surface area (Å²) in [5.74, 6) is 1.06. The van der Waals surface area contributed by atoms with Crippen molar-refractivity contribution in [3.63, 3.8) is 0 Å². The predicted octanol–water partition coefficient (Wildman–Crippen LogP) is 3.11. The third-order valence-corrected chi connectivity index (χ3v) is 5.60. The van der Waals surface area contributed by atoms with E-state index in [1.165, 1.54) is 12.1 Å².